The number of thioether (sulfide) groups is 1. The van der Waals surface area contributed by atoms with Crippen molar-refractivity contribution < 1.29 is 29.0 Å². The maximum absolute atomic E-state index is 12.4. The highest BCUT2D eigenvalue weighted by Gasteiger charge is 2.36. The van der Waals surface area contributed by atoms with Gasteiger partial charge in [0.05, 0.1) is 16.0 Å². The van der Waals surface area contributed by atoms with Gasteiger partial charge in [-0.05, 0) is 76.1 Å². The number of amides is 2. The lowest BCUT2D eigenvalue weighted by atomic mass is 10.1. The Hall–Kier alpha value is -2.30. The van der Waals surface area contributed by atoms with E-state index in [4.69, 9.17) is 14.6 Å². The minimum atomic E-state index is -1.25. The molecule has 7 nitrogen and oxygen atoms in total. The molecule has 1 saturated heterocycles. The predicted octanol–water partition coefficient (Wildman–Crippen LogP) is 5.31. The Balaban J connectivity index is 1.85. The zero-order chi connectivity index (χ0) is 22.5. The Morgan fingerprint density at radius 1 is 1.16 bits per heavy atom. The van der Waals surface area contributed by atoms with Crippen molar-refractivity contribution in [3.05, 3.63) is 61.4 Å². The van der Waals surface area contributed by atoms with E-state index in [0.29, 0.717) is 51.4 Å². The highest BCUT2D eigenvalue weighted by Crippen LogP contribution is 2.39. The van der Waals surface area contributed by atoms with Crippen LogP contribution in [0.1, 0.15) is 18.1 Å². The fourth-order valence-electron chi connectivity index (χ4n) is 2.73. The number of carboxylic acids is 1. The molecule has 3 rings (SSSR count). The molecule has 162 valence electrons. The summed E-state index contributed by atoms with van der Waals surface area (Å²) in [7, 11) is 0. The molecule has 0 unspecified atom stereocenters. The topological polar surface area (TPSA) is 93.1 Å². The van der Waals surface area contributed by atoms with Gasteiger partial charge in [0.25, 0.3) is 11.1 Å². The number of hydrogen-bond donors (Lipinski definition) is 1. The smallest absolute Gasteiger partial charge is 0.323 e. The minimum Gasteiger partial charge on any atom is -0.490 e. The van der Waals surface area contributed by atoms with Crippen LogP contribution in [0, 0.1) is 0 Å². The summed E-state index contributed by atoms with van der Waals surface area (Å²) in [6, 6.07) is 11.2. The number of benzene rings is 2. The second-order valence-corrected chi connectivity index (χ2v) is 9.10. The van der Waals surface area contributed by atoms with E-state index in [1.165, 1.54) is 6.08 Å². The molecule has 2 amide bonds. The van der Waals surface area contributed by atoms with Gasteiger partial charge >= 0.3 is 5.97 Å². The summed E-state index contributed by atoms with van der Waals surface area (Å²) < 4.78 is 13.3. The SMILES string of the molecule is CCOc1cc(/C=C2/SC(=O)N(CC(=O)O)C2=O)cc(Br)c1OCc1ccc(Br)cc1. The number of rotatable bonds is 8. The molecule has 0 spiro atoms. The predicted molar refractivity (Wildman–Crippen MR) is 124 cm³/mol. The van der Waals surface area contributed by atoms with Crippen molar-refractivity contribution in [2.24, 2.45) is 0 Å². The van der Waals surface area contributed by atoms with Crippen LogP contribution in [0.2, 0.25) is 0 Å². The number of hydrogen-bond acceptors (Lipinski definition) is 6. The third-order valence-corrected chi connectivity index (χ3v) is 6.12. The van der Waals surface area contributed by atoms with Crippen LogP contribution in [0.3, 0.4) is 0 Å². The van der Waals surface area contributed by atoms with Gasteiger partial charge in [0.2, 0.25) is 0 Å². The highest BCUT2D eigenvalue weighted by atomic mass is 79.9. The Bertz CT molecular complexity index is 1050. The van der Waals surface area contributed by atoms with E-state index < -0.39 is 23.7 Å². The van der Waals surface area contributed by atoms with E-state index in [1.54, 1.807) is 12.1 Å². The maximum Gasteiger partial charge on any atom is 0.323 e. The number of aliphatic carboxylic acids is 1. The Morgan fingerprint density at radius 3 is 2.52 bits per heavy atom. The van der Waals surface area contributed by atoms with Crippen LogP contribution >= 0.6 is 43.6 Å². The second kappa shape index (κ2) is 10.3. The first-order valence-corrected chi connectivity index (χ1v) is 11.5. The maximum atomic E-state index is 12.4. The largest absolute Gasteiger partial charge is 0.490 e. The van der Waals surface area contributed by atoms with Crippen LogP contribution in [-0.2, 0) is 16.2 Å². The fourth-order valence-corrected chi connectivity index (χ4v) is 4.41. The number of carboxylic acid groups (broad SMARTS) is 1. The van der Waals surface area contributed by atoms with E-state index >= 15 is 0 Å². The number of halogens is 2. The van der Waals surface area contributed by atoms with E-state index in [1.807, 2.05) is 31.2 Å². The summed E-state index contributed by atoms with van der Waals surface area (Å²) >= 11 is 7.59. The lowest BCUT2D eigenvalue weighted by Crippen LogP contribution is -2.33. The van der Waals surface area contributed by atoms with Gasteiger partial charge in [0.15, 0.2) is 11.5 Å². The summed E-state index contributed by atoms with van der Waals surface area (Å²) in [5.41, 5.74) is 1.58. The zero-order valence-corrected chi connectivity index (χ0v) is 20.3. The van der Waals surface area contributed by atoms with Crippen LogP contribution in [0.25, 0.3) is 6.08 Å². The molecule has 0 radical (unpaired) electrons. The molecule has 1 aliphatic rings. The van der Waals surface area contributed by atoms with Gasteiger partial charge in [-0.3, -0.25) is 19.3 Å². The summed E-state index contributed by atoms with van der Waals surface area (Å²) in [4.78, 5) is 36.1. The molecule has 1 heterocycles. The van der Waals surface area contributed by atoms with Gasteiger partial charge in [-0.1, -0.05) is 28.1 Å². The monoisotopic (exact) mass is 569 g/mol. The fraction of sp³-hybridized carbons (Fsp3) is 0.190. The van der Waals surface area contributed by atoms with E-state index in [-0.39, 0.29) is 4.91 Å². The number of nitrogens with zero attached hydrogens (tertiary/aromatic N) is 1. The molecular formula is C21H17Br2NO6S. The first-order valence-electron chi connectivity index (χ1n) is 9.09. The molecule has 1 aliphatic heterocycles. The Labute approximate surface area is 199 Å². The van der Waals surface area contributed by atoms with Crippen LogP contribution in [0.4, 0.5) is 4.79 Å². The summed E-state index contributed by atoms with van der Waals surface area (Å²) in [6.07, 6.45) is 1.53. The van der Waals surface area contributed by atoms with Gasteiger partial charge in [0, 0.05) is 4.47 Å². The van der Waals surface area contributed by atoms with Crippen LogP contribution in [-0.4, -0.2) is 40.3 Å². The van der Waals surface area contributed by atoms with E-state index in [2.05, 4.69) is 31.9 Å². The molecule has 0 aliphatic carbocycles. The average molecular weight is 571 g/mol. The van der Waals surface area contributed by atoms with Crippen LogP contribution < -0.4 is 9.47 Å². The Morgan fingerprint density at radius 2 is 1.87 bits per heavy atom. The summed E-state index contributed by atoms with van der Waals surface area (Å²) in [5.74, 6) is -0.898. The first-order chi connectivity index (χ1) is 14.8. The number of ether oxygens (including phenoxy) is 2. The average Bonchev–Trinajstić information content (AvgIpc) is 2.96. The summed E-state index contributed by atoms with van der Waals surface area (Å²) in [6.45, 7) is 1.91. The third-order valence-electron chi connectivity index (χ3n) is 4.09. The molecule has 1 fully saturated rings. The number of imide groups is 1. The van der Waals surface area contributed by atoms with Gasteiger partial charge < -0.3 is 14.6 Å². The third kappa shape index (κ3) is 5.90. The van der Waals surface area contributed by atoms with Crippen molar-refractivity contribution in [1.82, 2.24) is 4.90 Å². The van der Waals surface area contributed by atoms with Crippen LogP contribution in [0.5, 0.6) is 11.5 Å². The standard InChI is InChI=1S/C21H17Br2NO6S/c1-2-29-16-8-13(9-17-20(27)24(10-18(25)26)21(28)31-17)7-15(23)19(16)30-11-12-3-5-14(22)6-4-12/h3-9H,2,10-11H2,1H3,(H,25,26)/b17-9+. The molecular weight excluding hydrogens is 554 g/mol. The second-order valence-electron chi connectivity index (χ2n) is 6.34. The molecule has 2 aromatic rings. The van der Waals surface area contributed by atoms with Crippen molar-refractivity contribution >= 4 is 66.8 Å². The van der Waals surface area contributed by atoms with Crippen molar-refractivity contribution in [2.45, 2.75) is 13.5 Å². The van der Waals surface area contributed by atoms with Crippen molar-refractivity contribution in [3.8, 4) is 11.5 Å². The molecule has 0 saturated carbocycles. The molecule has 2 aromatic carbocycles. The van der Waals surface area contributed by atoms with Crippen LogP contribution in [0.15, 0.2) is 50.2 Å². The lowest BCUT2D eigenvalue weighted by molar-refractivity contribution is -0.140. The zero-order valence-electron chi connectivity index (χ0n) is 16.3. The van der Waals surface area contributed by atoms with Crippen molar-refractivity contribution in [1.29, 1.82) is 0 Å². The van der Waals surface area contributed by atoms with Gasteiger partial charge in [-0.25, -0.2) is 0 Å². The Kier molecular flexibility index (Phi) is 7.79. The normalized spacial score (nSPS) is 14.9. The number of carbonyl (C=O) groups excluding carboxylic acids is 2. The quantitative estimate of drug-likeness (QED) is 0.430. The van der Waals surface area contributed by atoms with Gasteiger partial charge in [0.1, 0.15) is 13.2 Å². The highest BCUT2D eigenvalue weighted by molar-refractivity contribution is 9.10. The van der Waals surface area contributed by atoms with Crippen molar-refractivity contribution in [3.63, 3.8) is 0 Å². The van der Waals surface area contributed by atoms with Gasteiger partial charge in [-0.15, -0.1) is 0 Å². The minimum absolute atomic E-state index is 0.143. The molecule has 0 atom stereocenters. The van der Waals surface area contributed by atoms with E-state index in [9.17, 15) is 14.4 Å². The van der Waals surface area contributed by atoms with Crippen molar-refractivity contribution in [2.75, 3.05) is 13.2 Å². The van der Waals surface area contributed by atoms with Gasteiger partial charge in [-0.2, -0.15) is 0 Å². The molecule has 0 aromatic heterocycles. The first kappa shape index (κ1) is 23.4. The molecule has 10 heteroatoms. The summed E-state index contributed by atoms with van der Waals surface area (Å²) in [5, 5.41) is 8.27. The lowest BCUT2D eigenvalue weighted by Gasteiger charge is -2.15. The molecule has 1 N–H and O–H groups in total. The van der Waals surface area contributed by atoms with E-state index in [0.717, 1.165) is 10.0 Å². The molecule has 0 bridgehead atoms. The number of carbonyl (C=O) groups is 3. The molecule has 31 heavy (non-hydrogen) atoms.